The minimum Gasteiger partial charge on any atom is -0.460 e. The highest BCUT2D eigenvalue weighted by Gasteiger charge is 2.04. The SMILES string of the molecule is C/C(=C\CC(C)C)C(=O)OCCN=C=O. The second-order valence-corrected chi connectivity index (χ2v) is 3.63. The van der Waals surface area contributed by atoms with Crippen molar-refractivity contribution >= 4 is 12.0 Å². The molecule has 4 heteroatoms. The van der Waals surface area contributed by atoms with E-state index in [-0.39, 0.29) is 19.1 Å². The molecule has 0 aromatic rings. The number of isocyanates is 1. The molecule has 0 atom stereocenters. The first-order chi connectivity index (χ1) is 7.07. The Hall–Kier alpha value is -1.41. The number of allylic oxidation sites excluding steroid dienone is 1. The first-order valence-corrected chi connectivity index (χ1v) is 4.95. The van der Waals surface area contributed by atoms with Crippen molar-refractivity contribution in [2.75, 3.05) is 13.2 Å². The molecule has 0 fully saturated rings. The van der Waals surface area contributed by atoms with E-state index < -0.39 is 0 Å². The fourth-order valence-electron chi connectivity index (χ4n) is 0.839. The molecule has 15 heavy (non-hydrogen) atoms. The van der Waals surface area contributed by atoms with Gasteiger partial charge in [0, 0.05) is 5.57 Å². The van der Waals surface area contributed by atoms with E-state index in [4.69, 9.17) is 4.74 Å². The summed E-state index contributed by atoms with van der Waals surface area (Å²) in [4.78, 5) is 24.3. The topological polar surface area (TPSA) is 55.7 Å². The number of esters is 1. The summed E-state index contributed by atoms with van der Waals surface area (Å²) in [6.45, 7) is 6.17. The van der Waals surface area contributed by atoms with Crippen molar-refractivity contribution in [3.8, 4) is 0 Å². The van der Waals surface area contributed by atoms with E-state index in [1.165, 1.54) is 6.08 Å². The molecule has 0 aliphatic heterocycles. The molecule has 0 aliphatic rings. The largest absolute Gasteiger partial charge is 0.460 e. The van der Waals surface area contributed by atoms with Gasteiger partial charge >= 0.3 is 5.97 Å². The molecule has 0 radical (unpaired) electrons. The molecule has 0 rings (SSSR count). The monoisotopic (exact) mass is 211 g/mol. The minimum absolute atomic E-state index is 0.126. The molecule has 0 saturated carbocycles. The molecule has 0 bridgehead atoms. The van der Waals surface area contributed by atoms with Crippen molar-refractivity contribution in [1.82, 2.24) is 0 Å². The Labute approximate surface area is 90.0 Å². The van der Waals surface area contributed by atoms with Crippen LogP contribution in [0.3, 0.4) is 0 Å². The minimum atomic E-state index is -0.350. The summed E-state index contributed by atoms with van der Waals surface area (Å²) in [7, 11) is 0. The van der Waals surface area contributed by atoms with Gasteiger partial charge in [0.05, 0.1) is 6.54 Å². The van der Waals surface area contributed by atoms with Gasteiger partial charge in [-0.3, -0.25) is 0 Å². The van der Waals surface area contributed by atoms with Crippen molar-refractivity contribution < 1.29 is 14.3 Å². The number of ether oxygens (including phenoxy) is 1. The van der Waals surface area contributed by atoms with Crippen LogP contribution in [0.1, 0.15) is 27.2 Å². The zero-order chi connectivity index (χ0) is 11.7. The van der Waals surface area contributed by atoms with Crippen molar-refractivity contribution in [3.05, 3.63) is 11.6 Å². The molecule has 0 spiro atoms. The van der Waals surface area contributed by atoms with Crippen LogP contribution in [0.15, 0.2) is 16.6 Å². The van der Waals surface area contributed by atoms with E-state index >= 15 is 0 Å². The van der Waals surface area contributed by atoms with E-state index in [0.29, 0.717) is 11.5 Å². The van der Waals surface area contributed by atoms with Gasteiger partial charge in [0.2, 0.25) is 6.08 Å². The van der Waals surface area contributed by atoms with Crippen LogP contribution in [-0.2, 0) is 14.3 Å². The summed E-state index contributed by atoms with van der Waals surface area (Å²) in [6.07, 6.45) is 4.09. The van der Waals surface area contributed by atoms with E-state index in [1.54, 1.807) is 6.92 Å². The third-order valence-corrected chi connectivity index (χ3v) is 1.72. The van der Waals surface area contributed by atoms with E-state index in [2.05, 4.69) is 18.8 Å². The molecule has 0 aliphatic carbocycles. The van der Waals surface area contributed by atoms with Gasteiger partial charge in [0.1, 0.15) is 6.61 Å². The average Bonchev–Trinajstić information content (AvgIpc) is 2.20. The van der Waals surface area contributed by atoms with Gasteiger partial charge in [-0.2, -0.15) is 0 Å². The highest BCUT2D eigenvalue weighted by molar-refractivity contribution is 5.87. The molecule has 0 N–H and O–H groups in total. The van der Waals surface area contributed by atoms with Crippen molar-refractivity contribution in [2.24, 2.45) is 10.9 Å². The third kappa shape index (κ3) is 7.65. The first-order valence-electron chi connectivity index (χ1n) is 4.95. The second kappa shape index (κ2) is 7.94. The summed E-state index contributed by atoms with van der Waals surface area (Å²) < 4.78 is 4.86. The maximum absolute atomic E-state index is 11.3. The van der Waals surface area contributed by atoms with Gasteiger partial charge in [-0.15, -0.1) is 0 Å². The van der Waals surface area contributed by atoms with Crippen LogP contribution < -0.4 is 0 Å². The highest BCUT2D eigenvalue weighted by atomic mass is 16.5. The van der Waals surface area contributed by atoms with Crippen LogP contribution in [0.4, 0.5) is 0 Å². The number of aliphatic imine (C=N–C) groups is 1. The lowest BCUT2D eigenvalue weighted by Crippen LogP contribution is -2.09. The Bertz CT molecular complexity index is 276. The van der Waals surface area contributed by atoms with Gasteiger partial charge in [-0.05, 0) is 19.3 Å². The maximum atomic E-state index is 11.3. The molecule has 0 heterocycles. The summed E-state index contributed by atoms with van der Waals surface area (Å²) in [6, 6.07) is 0. The van der Waals surface area contributed by atoms with Crippen LogP contribution in [0.25, 0.3) is 0 Å². The summed E-state index contributed by atoms with van der Waals surface area (Å²) >= 11 is 0. The zero-order valence-corrected chi connectivity index (χ0v) is 9.45. The van der Waals surface area contributed by atoms with Gasteiger partial charge in [-0.1, -0.05) is 19.9 Å². The molecule has 0 aromatic heterocycles. The number of carbonyl (C=O) groups is 1. The Morgan fingerprint density at radius 1 is 1.53 bits per heavy atom. The lowest BCUT2D eigenvalue weighted by Gasteiger charge is -2.03. The Morgan fingerprint density at radius 2 is 2.20 bits per heavy atom. The van der Waals surface area contributed by atoms with Crippen molar-refractivity contribution in [3.63, 3.8) is 0 Å². The number of carbonyl (C=O) groups excluding carboxylic acids is 2. The molecular formula is C11H17NO3. The summed E-state index contributed by atoms with van der Waals surface area (Å²) in [5.74, 6) is 0.171. The summed E-state index contributed by atoms with van der Waals surface area (Å²) in [5, 5.41) is 0. The van der Waals surface area contributed by atoms with Crippen molar-refractivity contribution in [2.45, 2.75) is 27.2 Å². The van der Waals surface area contributed by atoms with Gasteiger partial charge in [0.25, 0.3) is 0 Å². The van der Waals surface area contributed by atoms with Crippen LogP contribution in [0.5, 0.6) is 0 Å². The third-order valence-electron chi connectivity index (χ3n) is 1.72. The standard InChI is InChI=1S/C11H17NO3/c1-9(2)4-5-10(3)11(14)15-7-6-12-8-13/h5,9H,4,6-7H2,1-3H3/b10-5+. The predicted octanol–water partition coefficient (Wildman–Crippen LogP) is 1.86. The lowest BCUT2D eigenvalue weighted by atomic mass is 10.1. The number of hydrogen-bond donors (Lipinski definition) is 0. The Kier molecular flexibility index (Phi) is 7.20. The zero-order valence-electron chi connectivity index (χ0n) is 9.45. The van der Waals surface area contributed by atoms with Crippen LogP contribution in [0, 0.1) is 5.92 Å². The molecule has 84 valence electrons. The smallest absolute Gasteiger partial charge is 0.333 e. The van der Waals surface area contributed by atoms with Crippen molar-refractivity contribution in [1.29, 1.82) is 0 Å². The number of nitrogens with zero attached hydrogens (tertiary/aromatic N) is 1. The fourth-order valence-corrected chi connectivity index (χ4v) is 0.839. The van der Waals surface area contributed by atoms with E-state index in [9.17, 15) is 9.59 Å². The molecule has 4 nitrogen and oxygen atoms in total. The lowest BCUT2D eigenvalue weighted by molar-refractivity contribution is -0.138. The summed E-state index contributed by atoms with van der Waals surface area (Å²) in [5.41, 5.74) is 0.596. The number of hydrogen-bond acceptors (Lipinski definition) is 4. The van der Waals surface area contributed by atoms with Crippen LogP contribution in [-0.4, -0.2) is 25.2 Å². The van der Waals surface area contributed by atoms with E-state index in [0.717, 1.165) is 6.42 Å². The van der Waals surface area contributed by atoms with Gasteiger partial charge < -0.3 is 4.74 Å². The quantitative estimate of drug-likeness (QED) is 0.221. The van der Waals surface area contributed by atoms with E-state index in [1.807, 2.05) is 6.08 Å². The normalized spacial score (nSPS) is 11.1. The molecule has 0 amide bonds. The average molecular weight is 211 g/mol. The Morgan fingerprint density at radius 3 is 2.73 bits per heavy atom. The molecule has 0 aromatic carbocycles. The second-order valence-electron chi connectivity index (χ2n) is 3.63. The molecular weight excluding hydrogens is 194 g/mol. The number of rotatable bonds is 6. The highest BCUT2D eigenvalue weighted by Crippen LogP contribution is 2.05. The molecule has 0 unspecified atom stereocenters. The fraction of sp³-hybridized carbons (Fsp3) is 0.636. The predicted molar refractivity (Wildman–Crippen MR) is 57.2 cm³/mol. The van der Waals surface area contributed by atoms with Gasteiger partial charge in [0.15, 0.2) is 0 Å². The van der Waals surface area contributed by atoms with Crippen LogP contribution in [0.2, 0.25) is 0 Å². The molecule has 0 saturated heterocycles. The Balaban J connectivity index is 3.88. The van der Waals surface area contributed by atoms with Gasteiger partial charge in [-0.25, -0.2) is 14.6 Å². The first kappa shape index (κ1) is 13.6. The van der Waals surface area contributed by atoms with Crippen LogP contribution >= 0.6 is 0 Å². The maximum Gasteiger partial charge on any atom is 0.333 e.